The zero-order chi connectivity index (χ0) is 15.7. The van der Waals surface area contributed by atoms with Crippen molar-refractivity contribution in [2.24, 2.45) is 0 Å². The third kappa shape index (κ3) is 2.44. The number of aromatic hydroxyl groups is 1. The molecule has 1 aliphatic heterocycles. The molecule has 3 rings (SSSR count). The molecule has 0 atom stereocenters. The third-order valence-electron chi connectivity index (χ3n) is 3.38. The van der Waals surface area contributed by atoms with E-state index in [1.54, 1.807) is 18.2 Å². The number of carbonyl (C=O) groups is 1. The number of thioether (sulfide) groups is 1. The Balaban J connectivity index is 2.02. The normalized spacial score (nSPS) is 15.0. The van der Waals surface area contributed by atoms with Crippen LogP contribution in [0.1, 0.15) is 15.9 Å². The third-order valence-corrected chi connectivity index (χ3v) is 4.47. The van der Waals surface area contributed by atoms with Crippen LogP contribution in [0.4, 0.5) is 0 Å². The van der Waals surface area contributed by atoms with Gasteiger partial charge in [0, 0.05) is 10.5 Å². The molecule has 0 radical (unpaired) electrons. The van der Waals surface area contributed by atoms with Crippen LogP contribution in [0.15, 0.2) is 46.2 Å². The molecule has 5 heteroatoms. The lowest BCUT2D eigenvalue weighted by Crippen LogP contribution is -1.94. The number of hydrogen-bond acceptors (Lipinski definition) is 5. The number of phenols is 1. The Morgan fingerprint density at radius 3 is 2.32 bits per heavy atom. The first-order valence-electron chi connectivity index (χ1n) is 6.62. The maximum atomic E-state index is 12.4. The zero-order valence-electron chi connectivity index (χ0n) is 12.1. The molecule has 1 N–H and O–H groups in total. The molecular formula is C17H14O4S. The van der Waals surface area contributed by atoms with Crippen LogP contribution >= 0.6 is 11.8 Å². The molecular weight excluding hydrogens is 300 g/mol. The van der Waals surface area contributed by atoms with Crippen molar-refractivity contribution in [1.82, 2.24) is 0 Å². The fourth-order valence-electron chi connectivity index (χ4n) is 2.28. The molecule has 0 aliphatic carbocycles. The van der Waals surface area contributed by atoms with E-state index >= 15 is 0 Å². The van der Waals surface area contributed by atoms with Gasteiger partial charge in [-0.2, -0.15) is 0 Å². The highest BCUT2D eigenvalue weighted by Gasteiger charge is 2.25. The van der Waals surface area contributed by atoms with Gasteiger partial charge in [-0.1, -0.05) is 23.9 Å². The van der Waals surface area contributed by atoms with Gasteiger partial charge >= 0.3 is 0 Å². The van der Waals surface area contributed by atoms with Crippen molar-refractivity contribution < 1.29 is 19.4 Å². The zero-order valence-corrected chi connectivity index (χ0v) is 12.9. The van der Waals surface area contributed by atoms with Gasteiger partial charge in [-0.15, -0.1) is 0 Å². The van der Waals surface area contributed by atoms with Crippen molar-refractivity contribution in [1.29, 1.82) is 0 Å². The van der Waals surface area contributed by atoms with Crippen molar-refractivity contribution in [2.45, 2.75) is 4.90 Å². The molecule has 0 saturated carbocycles. The maximum absolute atomic E-state index is 12.4. The first-order chi connectivity index (χ1) is 10.6. The van der Waals surface area contributed by atoms with E-state index in [0.29, 0.717) is 16.4 Å². The van der Waals surface area contributed by atoms with Crippen molar-refractivity contribution in [3.05, 3.63) is 52.4 Å². The number of hydrogen-bond donors (Lipinski definition) is 1. The first kappa shape index (κ1) is 14.5. The van der Waals surface area contributed by atoms with Crippen LogP contribution in [-0.2, 0) is 0 Å². The van der Waals surface area contributed by atoms with Crippen LogP contribution < -0.4 is 9.47 Å². The Labute approximate surface area is 132 Å². The number of rotatable bonds is 3. The Morgan fingerprint density at radius 2 is 1.73 bits per heavy atom. The first-order valence-corrected chi connectivity index (χ1v) is 7.44. The average molecular weight is 314 g/mol. The van der Waals surface area contributed by atoms with Gasteiger partial charge in [0.15, 0.2) is 11.5 Å². The predicted octanol–water partition coefficient (Wildman–Crippen LogP) is 3.74. The number of benzene rings is 2. The number of methoxy groups -OCH3 is 2. The van der Waals surface area contributed by atoms with Crippen LogP contribution in [0.25, 0.3) is 6.08 Å². The molecule has 0 saturated heterocycles. The quantitative estimate of drug-likeness (QED) is 0.875. The van der Waals surface area contributed by atoms with Crippen molar-refractivity contribution in [3.63, 3.8) is 0 Å². The SMILES string of the molecule is COc1cc(/C=C2/Sc3ccccc3C2=O)cc(OC)c1O. The van der Waals surface area contributed by atoms with E-state index in [1.165, 1.54) is 26.0 Å². The van der Waals surface area contributed by atoms with E-state index in [0.717, 1.165) is 16.0 Å². The molecule has 0 amide bonds. The summed E-state index contributed by atoms with van der Waals surface area (Å²) in [4.78, 5) is 14.0. The molecule has 0 unspecified atom stereocenters. The highest BCUT2D eigenvalue weighted by atomic mass is 32.2. The Kier molecular flexibility index (Phi) is 3.81. The molecule has 0 bridgehead atoms. The van der Waals surface area contributed by atoms with E-state index < -0.39 is 0 Å². The lowest BCUT2D eigenvalue weighted by atomic mass is 10.1. The molecule has 1 aliphatic rings. The van der Waals surface area contributed by atoms with Crippen LogP contribution in [-0.4, -0.2) is 25.1 Å². The van der Waals surface area contributed by atoms with Gasteiger partial charge in [0.2, 0.25) is 11.5 Å². The summed E-state index contributed by atoms with van der Waals surface area (Å²) in [6, 6.07) is 10.9. The van der Waals surface area contributed by atoms with E-state index in [2.05, 4.69) is 0 Å². The summed E-state index contributed by atoms with van der Waals surface area (Å²) < 4.78 is 10.3. The van der Waals surface area contributed by atoms with Gasteiger partial charge in [-0.3, -0.25) is 4.79 Å². The smallest absolute Gasteiger partial charge is 0.200 e. The highest BCUT2D eigenvalue weighted by molar-refractivity contribution is 8.04. The minimum atomic E-state index is -0.0548. The largest absolute Gasteiger partial charge is 0.502 e. The molecule has 2 aromatic rings. The van der Waals surface area contributed by atoms with Gasteiger partial charge < -0.3 is 14.6 Å². The van der Waals surface area contributed by atoms with Gasteiger partial charge in [0.1, 0.15) is 0 Å². The number of ketones is 1. The summed E-state index contributed by atoms with van der Waals surface area (Å²) in [6.45, 7) is 0. The Morgan fingerprint density at radius 1 is 1.09 bits per heavy atom. The topological polar surface area (TPSA) is 55.8 Å². The molecule has 0 spiro atoms. The second-order valence-electron chi connectivity index (χ2n) is 4.71. The fraction of sp³-hybridized carbons (Fsp3) is 0.118. The van der Waals surface area contributed by atoms with Crippen molar-refractivity contribution >= 4 is 23.6 Å². The summed E-state index contributed by atoms with van der Waals surface area (Å²) in [5.41, 5.74) is 1.45. The number of carbonyl (C=O) groups excluding carboxylic acids is 1. The van der Waals surface area contributed by atoms with E-state index in [-0.39, 0.29) is 11.5 Å². The average Bonchev–Trinajstić information content (AvgIpc) is 2.85. The Bertz CT molecular complexity index is 755. The van der Waals surface area contributed by atoms with Crippen LogP contribution in [0.5, 0.6) is 17.2 Å². The van der Waals surface area contributed by atoms with E-state index in [4.69, 9.17) is 9.47 Å². The highest BCUT2D eigenvalue weighted by Crippen LogP contribution is 2.42. The summed E-state index contributed by atoms with van der Waals surface area (Å²) in [6.07, 6.45) is 1.78. The van der Waals surface area contributed by atoms with Gasteiger partial charge in [0.25, 0.3) is 0 Å². The fourth-order valence-corrected chi connectivity index (χ4v) is 3.34. The summed E-state index contributed by atoms with van der Waals surface area (Å²) in [5.74, 6) is 0.561. The van der Waals surface area contributed by atoms with Crippen LogP contribution in [0.3, 0.4) is 0 Å². The van der Waals surface area contributed by atoms with E-state index in [9.17, 15) is 9.90 Å². The number of Topliss-reactive ketones (excluding diaryl/α,β-unsaturated/α-hetero) is 1. The van der Waals surface area contributed by atoms with Gasteiger partial charge in [-0.25, -0.2) is 0 Å². The van der Waals surface area contributed by atoms with Crippen LogP contribution in [0.2, 0.25) is 0 Å². The lowest BCUT2D eigenvalue weighted by molar-refractivity contribution is 0.104. The molecule has 22 heavy (non-hydrogen) atoms. The summed E-state index contributed by atoms with van der Waals surface area (Å²) in [7, 11) is 2.94. The second kappa shape index (κ2) is 5.77. The summed E-state index contributed by atoms with van der Waals surface area (Å²) >= 11 is 1.44. The number of fused-ring (bicyclic) bond motifs is 1. The monoisotopic (exact) mass is 314 g/mol. The van der Waals surface area contributed by atoms with E-state index in [1.807, 2.05) is 24.3 Å². The minimum absolute atomic E-state index is 0.00612. The van der Waals surface area contributed by atoms with Gasteiger partial charge in [0.05, 0.1) is 19.1 Å². The molecule has 0 aromatic heterocycles. The second-order valence-corrected chi connectivity index (χ2v) is 5.79. The molecule has 1 heterocycles. The Hall–Kier alpha value is -2.40. The predicted molar refractivity (Wildman–Crippen MR) is 85.8 cm³/mol. The van der Waals surface area contributed by atoms with Crippen molar-refractivity contribution in [3.8, 4) is 17.2 Å². The van der Waals surface area contributed by atoms with Gasteiger partial charge in [-0.05, 0) is 35.9 Å². The number of ether oxygens (including phenoxy) is 2. The lowest BCUT2D eigenvalue weighted by Gasteiger charge is -2.09. The molecule has 2 aromatic carbocycles. The minimum Gasteiger partial charge on any atom is -0.502 e. The molecule has 112 valence electrons. The molecule has 4 nitrogen and oxygen atoms in total. The van der Waals surface area contributed by atoms with Crippen molar-refractivity contribution in [2.75, 3.05) is 14.2 Å². The number of allylic oxidation sites excluding steroid dienone is 1. The standard InChI is InChI=1S/C17H14O4S/c1-20-12-7-10(8-13(21-2)17(12)19)9-15-16(18)11-5-3-4-6-14(11)22-15/h3-9,19H,1-2H3/b15-9+. The molecule has 0 fully saturated rings. The maximum Gasteiger partial charge on any atom is 0.200 e. The summed E-state index contributed by atoms with van der Waals surface area (Å²) in [5, 5.41) is 9.93. The van der Waals surface area contributed by atoms with Crippen LogP contribution in [0, 0.1) is 0 Å². The number of phenolic OH excluding ortho intramolecular Hbond substituents is 1.